The van der Waals surface area contributed by atoms with Gasteiger partial charge in [-0.15, -0.1) is 0 Å². The third kappa shape index (κ3) is 4.08. The van der Waals surface area contributed by atoms with Gasteiger partial charge in [-0.25, -0.2) is 8.42 Å². The number of hydrogen-bond acceptors (Lipinski definition) is 6. The van der Waals surface area contributed by atoms with Crippen LogP contribution in [0.15, 0.2) is 29.2 Å². The first kappa shape index (κ1) is 17.4. The molecular formula is C13H11ClNO4S3-. The van der Waals surface area contributed by atoms with Crippen LogP contribution in [0.25, 0.3) is 5.57 Å². The molecule has 0 aliphatic carbocycles. The van der Waals surface area contributed by atoms with Gasteiger partial charge in [0.2, 0.25) is 0 Å². The second-order valence-electron chi connectivity index (χ2n) is 4.55. The second-order valence-corrected chi connectivity index (χ2v) is 8.15. The van der Waals surface area contributed by atoms with Crippen molar-refractivity contribution in [3.63, 3.8) is 0 Å². The van der Waals surface area contributed by atoms with Gasteiger partial charge < -0.3 is 4.55 Å². The molecule has 0 saturated carbocycles. The summed E-state index contributed by atoms with van der Waals surface area (Å²) in [5, 5.41) is 0.588. The molecule has 1 aliphatic rings. The number of benzene rings is 1. The summed E-state index contributed by atoms with van der Waals surface area (Å²) < 4.78 is 32.4. The Balaban J connectivity index is 2.26. The van der Waals surface area contributed by atoms with Crippen molar-refractivity contribution >= 4 is 61.5 Å². The van der Waals surface area contributed by atoms with E-state index in [-0.39, 0.29) is 16.8 Å². The molecule has 118 valence electrons. The van der Waals surface area contributed by atoms with Gasteiger partial charge in [-0.2, -0.15) is 0 Å². The third-order valence-electron chi connectivity index (χ3n) is 3.03. The Morgan fingerprint density at radius 3 is 2.50 bits per heavy atom. The molecular weight excluding hydrogens is 366 g/mol. The van der Waals surface area contributed by atoms with Crippen LogP contribution >= 0.6 is 35.6 Å². The first-order chi connectivity index (χ1) is 10.2. The normalized spacial score (nSPS) is 18.0. The average Bonchev–Trinajstić information content (AvgIpc) is 2.71. The summed E-state index contributed by atoms with van der Waals surface area (Å²) in [5.74, 6) is -1.04. The summed E-state index contributed by atoms with van der Waals surface area (Å²) in [4.78, 5) is 13.9. The summed E-state index contributed by atoms with van der Waals surface area (Å²) in [5.41, 5.74) is 1.54. The maximum atomic E-state index is 12.4. The van der Waals surface area contributed by atoms with Gasteiger partial charge >= 0.3 is 0 Å². The lowest BCUT2D eigenvalue weighted by Crippen LogP contribution is -2.33. The molecule has 2 rings (SSSR count). The number of rotatable bonds is 4. The van der Waals surface area contributed by atoms with Gasteiger partial charge in [0.1, 0.15) is 4.32 Å². The monoisotopic (exact) mass is 376 g/mol. The smallest absolute Gasteiger partial charge is 0.266 e. The molecule has 22 heavy (non-hydrogen) atoms. The van der Waals surface area contributed by atoms with Crippen molar-refractivity contribution in [3.05, 3.63) is 39.8 Å². The van der Waals surface area contributed by atoms with E-state index in [1.807, 2.05) is 0 Å². The molecule has 1 saturated heterocycles. The Bertz CT molecular complexity index is 756. The van der Waals surface area contributed by atoms with Gasteiger partial charge in [0.25, 0.3) is 5.91 Å². The molecule has 1 aromatic carbocycles. The van der Waals surface area contributed by atoms with Gasteiger partial charge in [-0.3, -0.25) is 9.69 Å². The van der Waals surface area contributed by atoms with E-state index in [2.05, 4.69) is 0 Å². The average molecular weight is 377 g/mol. The highest BCUT2D eigenvalue weighted by Crippen LogP contribution is 2.36. The minimum absolute atomic E-state index is 0.228. The number of halogens is 1. The topological polar surface area (TPSA) is 77.5 Å². The van der Waals surface area contributed by atoms with Crippen LogP contribution < -0.4 is 0 Å². The molecule has 0 spiro atoms. The van der Waals surface area contributed by atoms with Crippen LogP contribution in [0.3, 0.4) is 0 Å². The molecule has 0 N–H and O–H groups in total. The van der Waals surface area contributed by atoms with Gasteiger partial charge in [0.05, 0.1) is 20.8 Å². The van der Waals surface area contributed by atoms with E-state index >= 15 is 0 Å². The van der Waals surface area contributed by atoms with Crippen LogP contribution in [0.4, 0.5) is 0 Å². The van der Waals surface area contributed by atoms with Crippen molar-refractivity contribution in [1.29, 1.82) is 0 Å². The standard InChI is InChI=1S/C13H12ClNO4S3/c1-8(9-2-4-10(14)5-3-9)11-12(16)15(13(20)21-11)6-7-22(17,18)19/h2-5H,6-7H2,1H3,(H,17,18,19)/p-1/b11-8+. The highest BCUT2D eigenvalue weighted by molar-refractivity contribution is 8.26. The van der Waals surface area contributed by atoms with Crippen molar-refractivity contribution in [2.45, 2.75) is 6.92 Å². The van der Waals surface area contributed by atoms with Crippen LogP contribution in [-0.4, -0.2) is 40.4 Å². The van der Waals surface area contributed by atoms with Gasteiger partial charge in [-0.05, 0) is 30.2 Å². The lowest BCUT2D eigenvalue weighted by Gasteiger charge is -2.15. The maximum absolute atomic E-state index is 12.4. The highest BCUT2D eigenvalue weighted by atomic mass is 35.5. The zero-order valence-electron chi connectivity index (χ0n) is 11.4. The van der Waals surface area contributed by atoms with E-state index in [0.29, 0.717) is 9.93 Å². The van der Waals surface area contributed by atoms with Crippen LogP contribution in [0, 0.1) is 0 Å². The fourth-order valence-electron chi connectivity index (χ4n) is 1.86. The summed E-state index contributed by atoms with van der Waals surface area (Å²) in [6.45, 7) is 1.55. The Hall–Kier alpha value is -0.930. The molecule has 1 heterocycles. The van der Waals surface area contributed by atoms with Crippen molar-refractivity contribution < 1.29 is 17.8 Å². The molecule has 0 radical (unpaired) electrons. The van der Waals surface area contributed by atoms with Crippen molar-refractivity contribution in [2.24, 2.45) is 0 Å². The molecule has 0 unspecified atom stereocenters. The number of amides is 1. The fourth-order valence-corrected chi connectivity index (χ4v) is 3.74. The number of thioether (sulfide) groups is 1. The lowest BCUT2D eigenvalue weighted by atomic mass is 10.1. The predicted molar refractivity (Wildman–Crippen MR) is 90.5 cm³/mol. The fraction of sp³-hybridized carbons (Fsp3) is 0.231. The van der Waals surface area contributed by atoms with E-state index in [0.717, 1.165) is 27.8 Å². The quantitative estimate of drug-likeness (QED) is 0.456. The number of hydrogen-bond donors (Lipinski definition) is 0. The van der Waals surface area contributed by atoms with E-state index in [1.54, 1.807) is 31.2 Å². The second kappa shape index (κ2) is 6.67. The van der Waals surface area contributed by atoms with Crippen molar-refractivity contribution in [1.82, 2.24) is 4.90 Å². The SMILES string of the molecule is C/C(=C1\SC(=S)N(CCS(=O)(=O)[O-])C1=O)c1ccc(Cl)cc1. The van der Waals surface area contributed by atoms with Gasteiger partial charge in [0, 0.05) is 11.6 Å². The van der Waals surface area contributed by atoms with Crippen LogP contribution in [-0.2, 0) is 14.9 Å². The predicted octanol–water partition coefficient (Wildman–Crippen LogP) is 2.48. The summed E-state index contributed by atoms with van der Waals surface area (Å²) in [7, 11) is -4.40. The Morgan fingerprint density at radius 1 is 1.36 bits per heavy atom. The molecule has 5 nitrogen and oxygen atoms in total. The molecule has 1 amide bonds. The Morgan fingerprint density at radius 2 is 1.95 bits per heavy atom. The molecule has 1 fully saturated rings. The molecule has 1 aliphatic heterocycles. The Labute approximate surface area is 143 Å². The van der Waals surface area contributed by atoms with Crippen LogP contribution in [0.1, 0.15) is 12.5 Å². The zero-order chi connectivity index (χ0) is 16.5. The van der Waals surface area contributed by atoms with Gasteiger partial charge in [-0.1, -0.05) is 47.7 Å². The zero-order valence-corrected chi connectivity index (χ0v) is 14.6. The van der Waals surface area contributed by atoms with Crippen molar-refractivity contribution in [3.8, 4) is 0 Å². The summed E-state index contributed by atoms with van der Waals surface area (Å²) >= 11 is 12.0. The van der Waals surface area contributed by atoms with E-state index in [4.69, 9.17) is 23.8 Å². The number of carbonyl (C=O) groups is 1. The number of allylic oxidation sites excluding steroid dienone is 1. The number of nitrogens with zero attached hydrogens (tertiary/aromatic N) is 1. The van der Waals surface area contributed by atoms with E-state index < -0.39 is 15.9 Å². The van der Waals surface area contributed by atoms with Crippen LogP contribution in [0.2, 0.25) is 5.02 Å². The number of carbonyl (C=O) groups excluding carboxylic acids is 1. The molecule has 0 atom stereocenters. The molecule has 1 aromatic rings. The van der Waals surface area contributed by atoms with Gasteiger partial charge in [0.15, 0.2) is 0 Å². The van der Waals surface area contributed by atoms with Crippen LogP contribution in [0.5, 0.6) is 0 Å². The van der Waals surface area contributed by atoms with E-state index in [9.17, 15) is 17.8 Å². The van der Waals surface area contributed by atoms with Crippen molar-refractivity contribution in [2.75, 3.05) is 12.3 Å². The summed E-state index contributed by atoms with van der Waals surface area (Å²) in [6, 6.07) is 6.99. The maximum Gasteiger partial charge on any atom is 0.266 e. The molecule has 0 bridgehead atoms. The first-order valence-corrected chi connectivity index (χ1v) is 9.31. The Kier molecular flexibility index (Phi) is 5.29. The summed E-state index contributed by atoms with van der Waals surface area (Å²) in [6.07, 6.45) is 0. The first-order valence-electron chi connectivity index (χ1n) is 6.13. The van der Waals surface area contributed by atoms with E-state index in [1.165, 1.54) is 0 Å². The third-order valence-corrected chi connectivity index (χ3v) is 5.52. The molecule has 9 heteroatoms. The largest absolute Gasteiger partial charge is 0.748 e. The molecule has 0 aromatic heterocycles. The lowest BCUT2D eigenvalue weighted by molar-refractivity contribution is -0.121. The highest BCUT2D eigenvalue weighted by Gasteiger charge is 2.33. The minimum Gasteiger partial charge on any atom is -0.748 e. The number of thiocarbonyl (C=S) groups is 1. The minimum atomic E-state index is -4.40.